The molecule has 2 aromatic rings. The topological polar surface area (TPSA) is 55.8 Å². The zero-order valence-corrected chi connectivity index (χ0v) is 13.7. The van der Waals surface area contributed by atoms with Gasteiger partial charge in [0.2, 0.25) is 0 Å². The van der Waals surface area contributed by atoms with Gasteiger partial charge in [-0.1, -0.05) is 31.2 Å². The van der Waals surface area contributed by atoms with Gasteiger partial charge < -0.3 is 14.6 Å². The number of aryl methyl sites for hydroxylation is 1. The van der Waals surface area contributed by atoms with Crippen LogP contribution in [0.25, 0.3) is 0 Å². The summed E-state index contributed by atoms with van der Waals surface area (Å²) in [7, 11) is 3.16. The van der Waals surface area contributed by atoms with Crippen molar-refractivity contribution in [3.63, 3.8) is 0 Å². The zero-order chi connectivity index (χ0) is 16.8. The molecule has 0 aliphatic carbocycles. The van der Waals surface area contributed by atoms with Crippen molar-refractivity contribution >= 4 is 5.97 Å². The van der Waals surface area contributed by atoms with Crippen molar-refractivity contribution in [2.24, 2.45) is 0 Å². The van der Waals surface area contributed by atoms with Crippen molar-refractivity contribution in [2.45, 2.75) is 25.7 Å². The van der Waals surface area contributed by atoms with E-state index in [1.807, 2.05) is 49.4 Å². The van der Waals surface area contributed by atoms with Crippen molar-refractivity contribution in [1.29, 1.82) is 0 Å². The summed E-state index contributed by atoms with van der Waals surface area (Å²) >= 11 is 0. The fourth-order valence-electron chi connectivity index (χ4n) is 2.64. The first kappa shape index (κ1) is 16.9. The van der Waals surface area contributed by atoms with Crippen LogP contribution in [0.4, 0.5) is 0 Å². The number of aliphatic carboxylic acids is 1. The number of methoxy groups -OCH3 is 2. The van der Waals surface area contributed by atoms with E-state index in [4.69, 9.17) is 9.47 Å². The molecule has 0 aliphatic rings. The Kier molecular flexibility index (Phi) is 5.63. The first-order chi connectivity index (χ1) is 11.1. The van der Waals surface area contributed by atoms with Gasteiger partial charge in [-0.15, -0.1) is 0 Å². The maximum atomic E-state index is 11.8. The lowest BCUT2D eigenvalue weighted by molar-refractivity contribution is -0.138. The molecule has 0 amide bonds. The summed E-state index contributed by atoms with van der Waals surface area (Å²) in [4.78, 5) is 11.8. The molecule has 23 heavy (non-hydrogen) atoms. The molecule has 0 saturated heterocycles. The van der Waals surface area contributed by atoms with Gasteiger partial charge >= 0.3 is 5.97 Å². The van der Waals surface area contributed by atoms with Crippen LogP contribution in [0.2, 0.25) is 0 Å². The van der Waals surface area contributed by atoms with Crippen molar-refractivity contribution in [1.82, 2.24) is 0 Å². The van der Waals surface area contributed by atoms with E-state index in [9.17, 15) is 9.90 Å². The lowest BCUT2D eigenvalue weighted by atomic mass is 9.90. The second-order valence-electron chi connectivity index (χ2n) is 5.38. The van der Waals surface area contributed by atoms with Gasteiger partial charge in [0.25, 0.3) is 0 Å². The van der Waals surface area contributed by atoms with E-state index < -0.39 is 11.9 Å². The molecule has 0 aromatic heterocycles. The maximum Gasteiger partial charge on any atom is 0.311 e. The number of carbonyl (C=O) groups is 1. The van der Waals surface area contributed by atoms with Crippen LogP contribution in [0.5, 0.6) is 11.5 Å². The van der Waals surface area contributed by atoms with Crippen LogP contribution in [0.1, 0.15) is 29.5 Å². The van der Waals surface area contributed by atoms with Gasteiger partial charge in [-0.2, -0.15) is 0 Å². The van der Waals surface area contributed by atoms with Crippen molar-refractivity contribution in [3.05, 3.63) is 59.2 Å². The van der Waals surface area contributed by atoms with E-state index in [0.717, 1.165) is 23.3 Å². The highest BCUT2D eigenvalue weighted by Crippen LogP contribution is 2.31. The summed E-state index contributed by atoms with van der Waals surface area (Å²) in [6, 6.07) is 13.2. The van der Waals surface area contributed by atoms with Crippen molar-refractivity contribution < 1.29 is 19.4 Å². The third kappa shape index (κ3) is 4.03. The Morgan fingerprint density at radius 3 is 2.48 bits per heavy atom. The minimum Gasteiger partial charge on any atom is -0.497 e. The van der Waals surface area contributed by atoms with Crippen LogP contribution in [0.15, 0.2) is 42.5 Å². The Morgan fingerprint density at radius 2 is 1.87 bits per heavy atom. The third-order valence-corrected chi connectivity index (χ3v) is 3.95. The molecular formula is C19H22O4. The molecule has 4 nitrogen and oxygen atoms in total. The van der Waals surface area contributed by atoms with Gasteiger partial charge in [0.05, 0.1) is 20.1 Å². The molecule has 0 saturated carbocycles. The normalized spacial score (nSPS) is 11.8. The average molecular weight is 314 g/mol. The average Bonchev–Trinajstić information content (AvgIpc) is 2.59. The Hall–Kier alpha value is -2.49. The molecule has 2 rings (SSSR count). The van der Waals surface area contributed by atoms with Gasteiger partial charge in [-0.05, 0) is 42.2 Å². The van der Waals surface area contributed by atoms with Crippen LogP contribution < -0.4 is 9.47 Å². The number of benzene rings is 2. The van der Waals surface area contributed by atoms with Gasteiger partial charge in [-0.25, -0.2) is 0 Å². The third-order valence-electron chi connectivity index (χ3n) is 3.95. The monoisotopic (exact) mass is 314 g/mol. The molecule has 1 atom stereocenters. The number of hydrogen-bond donors (Lipinski definition) is 1. The second-order valence-corrected chi connectivity index (χ2v) is 5.38. The Morgan fingerprint density at radius 1 is 1.09 bits per heavy atom. The molecule has 2 aromatic carbocycles. The first-order valence-corrected chi connectivity index (χ1v) is 7.61. The number of carboxylic acid groups (broad SMARTS) is 1. The van der Waals surface area contributed by atoms with Gasteiger partial charge in [-0.3, -0.25) is 4.79 Å². The fraction of sp³-hybridized carbons (Fsp3) is 0.316. The molecule has 1 N–H and O–H groups in total. The van der Waals surface area contributed by atoms with Gasteiger partial charge in [0.15, 0.2) is 0 Å². The van der Waals surface area contributed by atoms with Crippen LogP contribution in [-0.4, -0.2) is 25.3 Å². The molecule has 1 unspecified atom stereocenters. The predicted molar refractivity (Wildman–Crippen MR) is 89.4 cm³/mol. The minimum absolute atomic E-state index is 0.385. The van der Waals surface area contributed by atoms with E-state index >= 15 is 0 Å². The Labute approximate surface area is 136 Å². The van der Waals surface area contributed by atoms with Crippen LogP contribution in [-0.2, 0) is 17.6 Å². The van der Waals surface area contributed by atoms with E-state index in [2.05, 4.69) is 0 Å². The minimum atomic E-state index is -0.862. The van der Waals surface area contributed by atoms with Crippen molar-refractivity contribution in [2.75, 3.05) is 14.2 Å². The summed E-state index contributed by atoms with van der Waals surface area (Å²) in [5.41, 5.74) is 2.72. The summed E-state index contributed by atoms with van der Waals surface area (Å²) in [6.45, 7) is 2.05. The summed E-state index contributed by atoms with van der Waals surface area (Å²) in [5, 5.41) is 9.71. The quantitative estimate of drug-likeness (QED) is 0.847. The van der Waals surface area contributed by atoms with Crippen LogP contribution in [0.3, 0.4) is 0 Å². The molecule has 0 bridgehead atoms. The van der Waals surface area contributed by atoms with E-state index in [0.29, 0.717) is 17.7 Å². The number of hydrogen-bond acceptors (Lipinski definition) is 3. The fourth-order valence-corrected chi connectivity index (χ4v) is 2.64. The van der Waals surface area contributed by atoms with Crippen molar-refractivity contribution in [3.8, 4) is 11.5 Å². The van der Waals surface area contributed by atoms with E-state index in [-0.39, 0.29) is 0 Å². The summed E-state index contributed by atoms with van der Waals surface area (Å²) < 4.78 is 10.6. The standard InChI is InChI=1S/C19H22O4/c1-4-13-8-9-18(23-3)16(11-13)17(19(20)21)12-14-6-5-7-15(10-14)22-2/h5-11,17H,4,12H2,1-3H3,(H,20,21). The van der Waals surface area contributed by atoms with E-state index in [1.165, 1.54) is 0 Å². The van der Waals surface area contributed by atoms with Gasteiger partial charge in [0.1, 0.15) is 11.5 Å². The zero-order valence-electron chi connectivity index (χ0n) is 13.7. The molecule has 0 aliphatic heterocycles. The highest BCUT2D eigenvalue weighted by molar-refractivity contribution is 5.78. The Balaban J connectivity index is 2.40. The molecule has 4 heteroatoms. The number of rotatable bonds is 7. The lowest BCUT2D eigenvalue weighted by Gasteiger charge is -2.18. The molecule has 0 spiro atoms. The first-order valence-electron chi connectivity index (χ1n) is 7.61. The summed E-state index contributed by atoms with van der Waals surface area (Å²) in [6.07, 6.45) is 1.23. The highest BCUT2D eigenvalue weighted by Gasteiger charge is 2.24. The molecule has 0 heterocycles. The molecule has 0 radical (unpaired) electrons. The Bertz CT molecular complexity index is 679. The number of ether oxygens (including phenoxy) is 2. The van der Waals surface area contributed by atoms with Crippen LogP contribution in [0, 0.1) is 0 Å². The predicted octanol–water partition coefficient (Wildman–Crippen LogP) is 3.68. The smallest absolute Gasteiger partial charge is 0.311 e. The lowest BCUT2D eigenvalue weighted by Crippen LogP contribution is -2.16. The SMILES string of the molecule is CCc1ccc(OC)c(C(Cc2cccc(OC)c2)C(=O)O)c1. The maximum absolute atomic E-state index is 11.8. The molecule has 122 valence electrons. The molecule has 0 fully saturated rings. The molecular weight excluding hydrogens is 292 g/mol. The van der Waals surface area contributed by atoms with Crippen LogP contribution >= 0.6 is 0 Å². The number of carboxylic acids is 1. The largest absolute Gasteiger partial charge is 0.497 e. The van der Waals surface area contributed by atoms with Gasteiger partial charge in [0, 0.05) is 5.56 Å². The second kappa shape index (κ2) is 7.68. The van der Waals surface area contributed by atoms with E-state index in [1.54, 1.807) is 14.2 Å². The highest BCUT2D eigenvalue weighted by atomic mass is 16.5. The summed E-state index contributed by atoms with van der Waals surface area (Å²) in [5.74, 6) is -0.193.